The SMILES string of the molecule is COc1cccc(OCCCn2c(CCCCCNC(=O)CCc3ccccc3)nc3ccccc32)c1. The van der Waals surface area contributed by atoms with Gasteiger partial charge in [0.25, 0.3) is 0 Å². The molecule has 6 heteroatoms. The van der Waals surface area contributed by atoms with E-state index in [1.54, 1.807) is 7.11 Å². The summed E-state index contributed by atoms with van der Waals surface area (Å²) in [4.78, 5) is 17.0. The quantitative estimate of drug-likeness (QED) is 0.205. The van der Waals surface area contributed by atoms with Crippen molar-refractivity contribution in [1.29, 1.82) is 0 Å². The first-order chi connectivity index (χ1) is 18.2. The second kappa shape index (κ2) is 14.1. The van der Waals surface area contributed by atoms with Gasteiger partial charge in [0, 0.05) is 32.0 Å². The van der Waals surface area contributed by atoms with Crippen LogP contribution in [-0.4, -0.2) is 35.7 Å². The minimum atomic E-state index is 0.127. The molecule has 0 atom stereocenters. The zero-order valence-electron chi connectivity index (χ0n) is 21.7. The van der Waals surface area contributed by atoms with Crippen LogP contribution < -0.4 is 14.8 Å². The van der Waals surface area contributed by atoms with Crippen LogP contribution >= 0.6 is 0 Å². The zero-order chi connectivity index (χ0) is 25.7. The Hall–Kier alpha value is -3.80. The second-order valence-corrected chi connectivity index (χ2v) is 9.20. The number of carbonyl (C=O) groups excluding carboxylic acids is 1. The predicted octanol–water partition coefficient (Wildman–Crippen LogP) is 5.98. The number of unbranched alkanes of at least 4 members (excludes halogenated alkanes) is 2. The fourth-order valence-corrected chi connectivity index (χ4v) is 4.47. The van der Waals surface area contributed by atoms with Crippen molar-refractivity contribution in [2.45, 2.75) is 51.5 Å². The summed E-state index contributed by atoms with van der Waals surface area (Å²) in [7, 11) is 1.66. The number of fused-ring (bicyclic) bond motifs is 1. The van der Waals surface area contributed by atoms with Crippen molar-refractivity contribution < 1.29 is 14.3 Å². The molecule has 1 amide bonds. The molecule has 0 saturated heterocycles. The lowest BCUT2D eigenvalue weighted by molar-refractivity contribution is -0.121. The summed E-state index contributed by atoms with van der Waals surface area (Å²) in [5, 5.41) is 3.06. The number of benzene rings is 3. The van der Waals surface area contributed by atoms with Crippen molar-refractivity contribution in [2.24, 2.45) is 0 Å². The van der Waals surface area contributed by atoms with E-state index >= 15 is 0 Å². The standard InChI is InChI=1S/C31H37N3O3/c1-36-26-14-10-15-27(24-26)37-23-11-22-34-29-17-8-7-16-28(29)33-30(34)18-6-3-9-21-32-31(35)20-19-25-12-4-2-5-13-25/h2,4-5,7-8,10,12-17,24H,3,6,9,11,18-23H2,1H3,(H,32,35). The van der Waals surface area contributed by atoms with Crippen LogP contribution in [-0.2, 0) is 24.2 Å². The number of methoxy groups -OCH3 is 1. The van der Waals surface area contributed by atoms with Crippen molar-refractivity contribution >= 4 is 16.9 Å². The van der Waals surface area contributed by atoms with Gasteiger partial charge in [-0.3, -0.25) is 4.79 Å². The first-order valence-electron chi connectivity index (χ1n) is 13.2. The van der Waals surface area contributed by atoms with E-state index in [9.17, 15) is 4.79 Å². The van der Waals surface area contributed by atoms with Gasteiger partial charge in [0.15, 0.2) is 0 Å². The smallest absolute Gasteiger partial charge is 0.220 e. The highest BCUT2D eigenvalue weighted by Crippen LogP contribution is 2.21. The Morgan fingerprint density at radius 1 is 0.865 bits per heavy atom. The molecule has 1 N–H and O–H groups in total. The second-order valence-electron chi connectivity index (χ2n) is 9.20. The molecule has 4 rings (SSSR count). The number of amides is 1. The Labute approximate surface area is 219 Å². The molecule has 0 radical (unpaired) electrons. The number of nitrogens with one attached hydrogen (secondary N) is 1. The van der Waals surface area contributed by atoms with E-state index in [4.69, 9.17) is 14.5 Å². The van der Waals surface area contributed by atoms with Gasteiger partial charge in [-0.25, -0.2) is 4.98 Å². The molecule has 6 nitrogen and oxygen atoms in total. The summed E-state index contributed by atoms with van der Waals surface area (Å²) in [6.45, 7) is 2.21. The van der Waals surface area contributed by atoms with E-state index in [1.807, 2.05) is 48.5 Å². The van der Waals surface area contributed by atoms with Gasteiger partial charge in [-0.15, -0.1) is 0 Å². The number of hydrogen-bond acceptors (Lipinski definition) is 4. The van der Waals surface area contributed by atoms with Gasteiger partial charge >= 0.3 is 0 Å². The fraction of sp³-hybridized carbons (Fsp3) is 0.355. The van der Waals surface area contributed by atoms with E-state index in [1.165, 1.54) is 11.1 Å². The molecule has 37 heavy (non-hydrogen) atoms. The van der Waals surface area contributed by atoms with Crippen LogP contribution in [0.1, 0.15) is 43.5 Å². The van der Waals surface area contributed by atoms with Gasteiger partial charge in [0.05, 0.1) is 24.8 Å². The van der Waals surface area contributed by atoms with Crippen molar-refractivity contribution in [3.8, 4) is 11.5 Å². The molecule has 0 bridgehead atoms. The summed E-state index contributed by atoms with van der Waals surface area (Å²) in [5.74, 6) is 2.87. The third kappa shape index (κ3) is 8.10. The van der Waals surface area contributed by atoms with Gasteiger partial charge in [0.1, 0.15) is 17.3 Å². The molecular weight excluding hydrogens is 462 g/mol. The number of hydrogen-bond donors (Lipinski definition) is 1. The Kier molecular flexibility index (Phi) is 9.99. The zero-order valence-corrected chi connectivity index (χ0v) is 21.7. The molecular formula is C31H37N3O3. The Morgan fingerprint density at radius 2 is 1.68 bits per heavy atom. The Balaban J connectivity index is 1.19. The highest BCUT2D eigenvalue weighted by atomic mass is 16.5. The maximum absolute atomic E-state index is 12.1. The lowest BCUT2D eigenvalue weighted by Crippen LogP contribution is -2.24. The van der Waals surface area contributed by atoms with E-state index in [-0.39, 0.29) is 5.91 Å². The van der Waals surface area contributed by atoms with Crippen molar-refractivity contribution in [3.05, 3.63) is 90.3 Å². The third-order valence-corrected chi connectivity index (χ3v) is 6.45. The predicted molar refractivity (Wildman–Crippen MR) is 148 cm³/mol. The summed E-state index contributed by atoms with van der Waals surface area (Å²) in [6, 6.07) is 26.2. The lowest BCUT2D eigenvalue weighted by atomic mass is 10.1. The van der Waals surface area contributed by atoms with Crippen LogP contribution in [0.5, 0.6) is 11.5 Å². The maximum atomic E-state index is 12.1. The molecule has 0 saturated carbocycles. The third-order valence-electron chi connectivity index (χ3n) is 6.45. The van der Waals surface area contributed by atoms with E-state index in [0.29, 0.717) is 13.0 Å². The summed E-state index contributed by atoms with van der Waals surface area (Å²) < 4.78 is 13.5. The van der Waals surface area contributed by atoms with Crippen LogP contribution in [0, 0.1) is 0 Å². The van der Waals surface area contributed by atoms with E-state index < -0.39 is 0 Å². The number of carbonyl (C=O) groups is 1. The maximum Gasteiger partial charge on any atom is 0.220 e. The fourth-order valence-electron chi connectivity index (χ4n) is 4.47. The molecule has 1 aromatic heterocycles. The number of imidazole rings is 1. The van der Waals surface area contributed by atoms with Gasteiger partial charge < -0.3 is 19.4 Å². The minimum Gasteiger partial charge on any atom is -0.497 e. The number of ether oxygens (including phenoxy) is 2. The average molecular weight is 500 g/mol. The topological polar surface area (TPSA) is 65.4 Å². The van der Waals surface area contributed by atoms with E-state index in [2.05, 4.69) is 40.2 Å². The Morgan fingerprint density at radius 3 is 2.54 bits per heavy atom. The number of aryl methyl sites for hydroxylation is 3. The van der Waals surface area contributed by atoms with Crippen LogP contribution in [0.15, 0.2) is 78.9 Å². The van der Waals surface area contributed by atoms with Crippen LogP contribution in [0.3, 0.4) is 0 Å². The van der Waals surface area contributed by atoms with Gasteiger partial charge in [0.2, 0.25) is 5.91 Å². The molecule has 4 aromatic rings. The molecule has 0 unspecified atom stereocenters. The van der Waals surface area contributed by atoms with E-state index in [0.717, 1.165) is 74.5 Å². The van der Waals surface area contributed by atoms with Crippen LogP contribution in [0.4, 0.5) is 0 Å². The van der Waals surface area contributed by atoms with Gasteiger partial charge in [-0.05, 0) is 55.5 Å². The van der Waals surface area contributed by atoms with Crippen molar-refractivity contribution in [3.63, 3.8) is 0 Å². The summed E-state index contributed by atoms with van der Waals surface area (Å²) in [5.41, 5.74) is 3.41. The monoisotopic (exact) mass is 499 g/mol. The average Bonchev–Trinajstić information content (AvgIpc) is 3.29. The highest BCUT2D eigenvalue weighted by molar-refractivity contribution is 5.76. The molecule has 194 valence electrons. The number of para-hydroxylation sites is 2. The lowest BCUT2D eigenvalue weighted by Gasteiger charge is -2.11. The minimum absolute atomic E-state index is 0.127. The molecule has 0 aliphatic carbocycles. The molecule has 0 aliphatic rings. The first kappa shape index (κ1) is 26.3. The summed E-state index contributed by atoms with van der Waals surface area (Å²) >= 11 is 0. The summed E-state index contributed by atoms with van der Waals surface area (Å²) in [6.07, 6.45) is 6.21. The Bertz CT molecular complexity index is 1250. The van der Waals surface area contributed by atoms with Gasteiger partial charge in [-0.1, -0.05) is 55.0 Å². The first-order valence-corrected chi connectivity index (χ1v) is 13.2. The number of nitrogens with zero attached hydrogens (tertiary/aromatic N) is 2. The number of aromatic nitrogens is 2. The van der Waals surface area contributed by atoms with Crippen LogP contribution in [0.2, 0.25) is 0 Å². The van der Waals surface area contributed by atoms with Gasteiger partial charge in [-0.2, -0.15) is 0 Å². The largest absolute Gasteiger partial charge is 0.497 e. The molecule has 3 aromatic carbocycles. The normalized spacial score (nSPS) is 10.9. The molecule has 0 fully saturated rings. The molecule has 0 aliphatic heterocycles. The number of rotatable bonds is 15. The van der Waals surface area contributed by atoms with Crippen molar-refractivity contribution in [1.82, 2.24) is 14.9 Å². The molecule has 1 heterocycles. The van der Waals surface area contributed by atoms with Crippen molar-refractivity contribution in [2.75, 3.05) is 20.3 Å². The van der Waals surface area contributed by atoms with Crippen LogP contribution in [0.25, 0.3) is 11.0 Å². The molecule has 0 spiro atoms. The highest BCUT2D eigenvalue weighted by Gasteiger charge is 2.10.